The maximum Gasteiger partial charge on any atom is 0.0718 e. The van der Waals surface area contributed by atoms with Crippen molar-refractivity contribution in [3.8, 4) is 0 Å². The standard InChI is InChI=1S/C11H24N2O/c1-9(12)10-4-6-13(7-5-10)8-11(2,3)14/h9-10,14H,4-8,12H2,1-3H3. The van der Waals surface area contributed by atoms with Gasteiger partial charge in [-0.1, -0.05) is 0 Å². The van der Waals surface area contributed by atoms with Gasteiger partial charge >= 0.3 is 0 Å². The first kappa shape index (κ1) is 12.0. The summed E-state index contributed by atoms with van der Waals surface area (Å²) >= 11 is 0. The molecule has 14 heavy (non-hydrogen) atoms. The molecule has 0 aliphatic carbocycles. The molecule has 0 aromatic heterocycles. The van der Waals surface area contributed by atoms with Crippen LogP contribution in [-0.2, 0) is 0 Å². The number of β-amino-alcohol motifs (C(OH)–C–C–N with tert-alkyl or cyclic N) is 1. The zero-order valence-corrected chi connectivity index (χ0v) is 9.66. The van der Waals surface area contributed by atoms with Gasteiger partial charge in [0.15, 0.2) is 0 Å². The van der Waals surface area contributed by atoms with Crippen LogP contribution in [0.1, 0.15) is 33.6 Å². The van der Waals surface area contributed by atoms with E-state index >= 15 is 0 Å². The minimum absolute atomic E-state index is 0.319. The van der Waals surface area contributed by atoms with Crippen LogP contribution in [0.25, 0.3) is 0 Å². The molecule has 3 nitrogen and oxygen atoms in total. The van der Waals surface area contributed by atoms with E-state index in [2.05, 4.69) is 11.8 Å². The number of hydrogen-bond acceptors (Lipinski definition) is 3. The van der Waals surface area contributed by atoms with Gasteiger partial charge < -0.3 is 15.7 Å². The zero-order valence-electron chi connectivity index (χ0n) is 9.66. The fourth-order valence-electron chi connectivity index (χ4n) is 2.18. The number of hydrogen-bond donors (Lipinski definition) is 2. The summed E-state index contributed by atoms with van der Waals surface area (Å²) in [4.78, 5) is 2.33. The SMILES string of the molecule is CC(N)C1CCN(CC(C)(C)O)CC1. The van der Waals surface area contributed by atoms with Gasteiger partial charge in [-0.25, -0.2) is 0 Å². The highest BCUT2D eigenvalue weighted by molar-refractivity contribution is 4.80. The molecule has 1 saturated heterocycles. The highest BCUT2D eigenvalue weighted by Gasteiger charge is 2.25. The largest absolute Gasteiger partial charge is 0.389 e. The van der Waals surface area contributed by atoms with Gasteiger partial charge in [0.25, 0.3) is 0 Å². The van der Waals surface area contributed by atoms with Gasteiger partial charge in [0.05, 0.1) is 5.60 Å². The van der Waals surface area contributed by atoms with E-state index in [-0.39, 0.29) is 0 Å². The van der Waals surface area contributed by atoms with E-state index in [0.717, 1.165) is 19.6 Å². The summed E-state index contributed by atoms with van der Waals surface area (Å²) in [6.07, 6.45) is 2.35. The smallest absolute Gasteiger partial charge is 0.0718 e. The Morgan fingerprint density at radius 3 is 2.29 bits per heavy atom. The van der Waals surface area contributed by atoms with Gasteiger partial charge in [0.2, 0.25) is 0 Å². The Labute approximate surface area is 87.3 Å². The van der Waals surface area contributed by atoms with Crippen LogP contribution in [0.3, 0.4) is 0 Å². The van der Waals surface area contributed by atoms with Gasteiger partial charge in [-0.3, -0.25) is 0 Å². The van der Waals surface area contributed by atoms with Gasteiger partial charge in [0.1, 0.15) is 0 Å². The molecule has 1 atom stereocenters. The molecule has 1 unspecified atom stereocenters. The van der Waals surface area contributed by atoms with Gasteiger partial charge in [-0.05, 0) is 52.6 Å². The van der Waals surface area contributed by atoms with E-state index in [0.29, 0.717) is 12.0 Å². The summed E-state index contributed by atoms with van der Waals surface area (Å²) in [7, 11) is 0. The van der Waals surface area contributed by atoms with E-state index in [1.54, 1.807) is 0 Å². The number of nitrogens with zero attached hydrogens (tertiary/aromatic N) is 1. The van der Waals surface area contributed by atoms with E-state index in [4.69, 9.17) is 5.73 Å². The minimum Gasteiger partial charge on any atom is -0.389 e. The van der Waals surface area contributed by atoms with Crippen molar-refractivity contribution >= 4 is 0 Å². The molecule has 1 aliphatic heterocycles. The zero-order chi connectivity index (χ0) is 10.8. The molecule has 0 spiro atoms. The number of piperidine rings is 1. The maximum atomic E-state index is 9.68. The third kappa shape index (κ3) is 3.95. The molecule has 3 heteroatoms. The summed E-state index contributed by atoms with van der Waals surface area (Å²) < 4.78 is 0. The summed E-state index contributed by atoms with van der Waals surface area (Å²) in [6.45, 7) is 8.76. The van der Waals surface area contributed by atoms with Crippen LogP contribution in [0.4, 0.5) is 0 Å². The molecule has 84 valence electrons. The fourth-order valence-corrected chi connectivity index (χ4v) is 2.18. The summed E-state index contributed by atoms with van der Waals surface area (Å²) in [5.74, 6) is 0.674. The van der Waals surface area contributed by atoms with Crippen molar-refractivity contribution in [2.75, 3.05) is 19.6 Å². The lowest BCUT2D eigenvalue weighted by atomic mass is 9.90. The van der Waals surface area contributed by atoms with E-state index in [9.17, 15) is 5.11 Å². The monoisotopic (exact) mass is 200 g/mol. The lowest BCUT2D eigenvalue weighted by Crippen LogP contribution is -2.45. The maximum absolute atomic E-state index is 9.68. The van der Waals surface area contributed by atoms with Crippen molar-refractivity contribution in [1.82, 2.24) is 4.90 Å². The number of rotatable bonds is 3. The Bertz CT molecular complexity index is 167. The third-order valence-electron chi connectivity index (χ3n) is 2.99. The molecule has 1 heterocycles. The average molecular weight is 200 g/mol. The fraction of sp³-hybridized carbons (Fsp3) is 1.00. The second-order valence-electron chi connectivity index (χ2n) is 5.29. The first-order chi connectivity index (χ1) is 6.38. The van der Waals surface area contributed by atoms with Crippen LogP contribution >= 0.6 is 0 Å². The van der Waals surface area contributed by atoms with Crippen LogP contribution in [0.15, 0.2) is 0 Å². The van der Waals surface area contributed by atoms with Crippen LogP contribution in [0.2, 0.25) is 0 Å². The molecule has 3 N–H and O–H groups in total. The molecule has 0 amide bonds. The lowest BCUT2D eigenvalue weighted by molar-refractivity contribution is 0.0232. The molecule has 0 bridgehead atoms. The first-order valence-corrected chi connectivity index (χ1v) is 5.59. The third-order valence-corrected chi connectivity index (χ3v) is 2.99. The average Bonchev–Trinajstić information content (AvgIpc) is 2.02. The summed E-state index contributed by atoms with van der Waals surface area (Å²) in [5.41, 5.74) is 5.30. The second kappa shape index (κ2) is 4.60. The van der Waals surface area contributed by atoms with Crippen LogP contribution in [0.5, 0.6) is 0 Å². The van der Waals surface area contributed by atoms with Crippen LogP contribution in [0, 0.1) is 5.92 Å². The molecular weight excluding hydrogens is 176 g/mol. The van der Waals surface area contributed by atoms with Gasteiger partial charge in [-0.2, -0.15) is 0 Å². The van der Waals surface area contributed by atoms with Crippen LogP contribution in [-0.4, -0.2) is 41.3 Å². The summed E-state index contributed by atoms with van der Waals surface area (Å²) in [6, 6.07) is 0.319. The minimum atomic E-state index is -0.568. The Hall–Kier alpha value is -0.120. The van der Waals surface area contributed by atoms with Crippen molar-refractivity contribution in [2.45, 2.75) is 45.3 Å². The number of aliphatic hydroxyl groups is 1. The highest BCUT2D eigenvalue weighted by atomic mass is 16.3. The number of nitrogens with two attached hydrogens (primary N) is 1. The normalized spacial score (nSPS) is 23.8. The predicted molar refractivity (Wildman–Crippen MR) is 59.1 cm³/mol. The van der Waals surface area contributed by atoms with Crippen molar-refractivity contribution in [1.29, 1.82) is 0 Å². The van der Waals surface area contributed by atoms with E-state index in [1.807, 2.05) is 13.8 Å². The lowest BCUT2D eigenvalue weighted by Gasteiger charge is -2.36. The Kier molecular flexibility index (Phi) is 3.93. The van der Waals surface area contributed by atoms with Gasteiger partial charge in [-0.15, -0.1) is 0 Å². The van der Waals surface area contributed by atoms with E-state index in [1.165, 1.54) is 12.8 Å². The Morgan fingerprint density at radius 1 is 1.43 bits per heavy atom. The molecule has 0 saturated carbocycles. The quantitative estimate of drug-likeness (QED) is 0.709. The highest BCUT2D eigenvalue weighted by Crippen LogP contribution is 2.20. The summed E-state index contributed by atoms with van der Waals surface area (Å²) in [5, 5.41) is 9.68. The molecule has 1 aliphatic rings. The molecule has 1 fully saturated rings. The first-order valence-electron chi connectivity index (χ1n) is 5.59. The van der Waals surface area contributed by atoms with Crippen molar-refractivity contribution in [3.05, 3.63) is 0 Å². The van der Waals surface area contributed by atoms with Crippen molar-refractivity contribution in [3.63, 3.8) is 0 Å². The molecule has 0 radical (unpaired) electrons. The molecule has 0 aromatic carbocycles. The Morgan fingerprint density at radius 2 is 1.93 bits per heavy atom. The topological polar surface area (TPSA) is 49.5 Å². The molecular formula is C11H24N2O. The van der Waals surface area contributed by atoms with Gasteiger partial charge in [0, 0.05) is 12.6 Å². The van der Waals surface area contributed by atoms with Crippen molar-refractivity contribution in [2.24, 2.45) is 11.7 Å². The number of likely N-dealkylation sites (tertiary alicyclic amines) is 1. The van der Waals surface area contributed by atoms with Crippen LogP contribution < -0.4 is 5.73 Å². The van der Waals surface area contributed by atoms with E-state index < -0.39 is 5.60 Å². The Balaban J connectivity index is 2.29. The second-order valence-corrected chi connectivity index (χ2v) is 5.29. The van der Waals surface area contributed by atoms with Crippen molar-refractivity contribution < 1.29 is 5.11 Å². The predicted octanol–water partition coefficient (Wildman–Crippen LogP) is 0.816. The molecule has 0 aromatic rings. The molecule has 1 rings (SSSR count).